The summed E-state index contributed by atoms with van der Waals surface area (Å²) in [6.45, 7) is 4.14. The molecule has 1 fully saturated rings. The molecule has 0 amide bonds. The predicted octanol–water partition coefficient (Wildman–Crippen LogP) is 0.576. The number of amidine groups is 1. The number of ether oxygens (including phenoxy) is 1. The molecule has 4 heteroatoms. The van der Waals surface area contributed by atoms with E-state index in [-0.39, 0.29) is 6.10 Å². The highest BCUT2D eigenvalue weighted by Gasteiger charge is 2.21. The summed E-state index contributed by atoms with van der Waals surface area (Å²) in [7, 11) is 0. The fourth-order valence-electron chi connectivity index (χ4n) is 2.14. The second-order valence-electron chi connectivity index (χ2n) is 4.13. The minimum Gasteiger partial charge on any atom is -0.459 e. The van der Waals surface area contributed by atoms with Gasteiger partial charge in [-0.3, -0.25) is 4.90 Å². The topological polar surface area (TPSA) is 50.8 Å². The fraction of sp³-hybridized carbons (Fsp3) is 0.900. The van der Waals surface area contributed by atoms with Crippen molar-refractivity contribution in [1.82, 2.24) is 4.90 Å². The van der Waals surface area contributed by atoms with Crippen molar-refractivity contribution >= 4 is 6.02 Å². The van der Waals surface area contributed by atoms with Crippen LogP contribution < -0.4 is 5.73 Å². The minimum atomic E-state index is 0.202. The van der Waals surface area contributed by atoms with Crippen LogP contribution >= 0.6 is 0 Å². The van der Waals surface area contributed by atoms with Crippen molar-refractivity contribution in [3.63, 3.8) is 0 Å². The Bertz CT molecular complexity index is 209. The van der Waals surface area contributed by atoms with Gasteiger partial charge in [0, 0.05) is 6.54 Å². The summed E-state index contributed by atoms with van der Waals surface area (Å²) in [5.74, 6) is 0. The lowest BCUT2D eigenvalue weighted by Crippen LogP contribution is -2.35. The lowest BCUT2D eigenvalue weighted by molar-refractivity contribution is 0.146. The van der Waals surface area contributed by atoms with Gasteiger partial charge >= 0.3 is 0 Å². The van der Waals surface area contributed by atoms with Crippen molar-refractivity contribution < 1.29 is 4.74 Å². The SMILES string of the molecule is NC1=NCC(CN2CCCCCC2)O1. The number of hydrogen-bond donors (Lipinski definition) is 1. The van der Waals surface area contributed by atoms with Crippen molar-refractivity contribution in [1.29, 1.82) is 0 Å². The molecule has 1 atom stereocenters. The number of hydrogen-bond acceptors (Lipinski definition) is 4. The Labute approximate surface area is 85.1 Å². The maximum Gasteiger partial charge on any atom is 0.282 e. The molecule has 14 heavy (non-hydrogen) atoms. The fourth-order valence-corrected chi connectivity index (χ4v) is 2.14. The minimum absolute atomic E-state index is 0.202. The summed E-state index contributed by atoms with van der Waals surface area (Å²) < 4.78 is 5.39. The monoisotopic (exact) mass is 197 g/mol. The first kappa shape index (κ1) is 9.77. The highest BCUT2D eigenvalue weighted by Crippen LogP contribution is 2.12. The van der Waals surface area contributed by atoms with Gasteiger partial charge in [0.15, 0.2) is 0 Å². The lowest BCUT2D eigenvalue weighted by atomic mass is 10.2. The van der Waals surface area contributed by atoms with E-state index in [1.807, 2.05) is 0 Å². The van der Waals surface area contributed by atoms with Crippen LogP contribution in [0.4, 0.5) is 0 Å². The summed E-state index contributed by atoms with van der Waals surface area (Å²) in [5, 5.41) is 0. The highest BCUT2D eigenvalue weighted by atomic mass is 16.5. The summed E-state index contributed by atoms with van der Waals surface area (Å²) in [6.07, 6.45) is 5.60. The van der Waals surface area contributed by atoms with Crippen molar-refractivity contribution in [3.05, 3.63) is 0 Å². The van der Waals surface area contributed by atoms with Crippen LogP contribution in [0.5, 0.6) is 0 Å². The maximum atomic E-state index is 5.47. The van der Waals surface area contributed by atoms with E-state index >= 15 is 0 Å². The molecular formula is C10H19N3O. The normalized spacial score (nSPS) is 29.4. The zero-order valence-corrected chi connectivity index (χ0v) is 8.61. The van der Waals surface area contributed by atoms with Gasteiger partial charge in [-0.2, -0.15) is 0 Å². The zero-order valence-electron chi connectivity index (χ0n) is 8.61. The Morgan fingerprint density at radius 3 is 2.57 bits per heavy atom. The van der Waals surface area contributed by atoms with E-state index in [1.165, 1.54) is 38.8 Å². The van der Waals surface area contributed by atoms with E-state index in [4.69, 9.17) is 10.5 Å². The molecule has 2 aliphatic rings. The largest absolute Gasteiger partial charge is 0.459 e. The third kappa shape index (κ3) is 2.61. The van der Waals surface area contributed by atoms with Crippen molar-refractivity contribution in [3.8, 4) is 0 Å². The molecule has 1 unspecified atom stereocenters. The van der Waals surface area contributed by atoms with Crippen LogP contribution in [-0.2, 0) is 4.74 Å². The third-order valence-electron chi connectivity index (χ3n) is 2.90. The van der Waals surface area contributed by atoms with E-state index in [1.54, 1.807) is 0 Å². The summed E-state index contributed by atoms with van der Waals surface area (Å²) in [5.41, 5.74) is 5.47. The third-order valence-corrected chi connectivity index (χ3v) is 2.90. The van der Waals surface area contributed by atoms with E-state index in [2.05, 4.69) is 9.89 Å². The smallest absolute Gasteiger partial charge is 0.282 e. The van der Waals surface area contributed by atoms with Gasteiger partial charge in [0.2, 0.25) is 0 Å². The lowest BCUT2D eigenvalue weighted by Gasteiger charge is -2.22. The number of likely N-dealkylation sites (tertiary alicyclic amines) is 1. The molecule has 2 aliphatic heterocycles. The van der Waals surface area contributed by atoms with Gasteiger partial charge in [-0.1, -0.05) is 12.8 Å². The van der Waals surface area contributed by atoms with Gasteiger partial charge in [-0.15, -0.1) is 0 Å². The quantitative estimate of drug-likeness (QED) is 0.704. The second-order valence-corrected chi connectivity index (χ2v) is 4.13. The van der Waals surface area contributed by atoms with E-state index in [0.29, 0.717) is 6.02 Å². The van der Waals surface area contributed by atoms with Gasteiger partial charge in [0.1, 0.15) is 6.10 Å². The van der Waals surface area contributed by atoms with Gasteiger partial charge in [-0.25, -0.2) is 4.99 Å². The van der Waals surface area contributed by atoms with Crippen molar-refractivity contribution in [2.75, 3.05) is 26.2 Å². The maximum absolute atomic E-state index is 5.47. The first-order chi connectivity index (χ1) is 6.84. The Hall–Kier alpha value is -0.770. The summed E-state index contributed by atoms with van der Waals surface area (Å²) in [6, 6.07) is 0.366. The molecule has 2 heterocycles. The molecule has 2 N–H and O–H groups in total. The Kier molecular flexibility index (Phi) is 3.24. The zero-order chi connectivity index (χ0) is 9.80. The molecule has 0 aromatic carbocycles. The summed E-state index contributed by atoms with van der Waals surface area (Å²) >= 11 is 0. The predicted molar refractivity (Wildman–Crippen MR) is 56.3 cm³/mol. The first-order valence-electron chi connectivity index (χ1n) is 5.53. The highest BCUT2D eigenvalue weighted by molar-refractivity contribution is 5.73. The molecule has 0 radical (unpaired) electrons. The summed E-state index contributed by atoms with van der Waals surface area (Å²) in [4.78, 5) is 6.53. The number of nitrogens with two attached hydrogens (primary N) is 1. The molecular weight excluding hydrogens is 178 g/mol. The van der Waals surface area contributed by atoms with Crippen LogP contribution in [-0.4, -0.2) is 43.2 Å². The van der Waals surface area contributed by atoms with Crippen LogP contribution in [0, 0.1) is 0 Å². The molecule has 0 bridgehead atoms. The Morgan fingerprint density at radius 1 is 1.29 bits per heavy atom. The average Bonchev–Trinajstić information content (AvgIpc) is 2.43. The first-order valence-corrected chi connectivity index (χ1v) is 5.53. The molecule has 1 saturated heterocycles. The van der Waals surface area contributed by atoms with Gasteiger partial charge in [0.05, 0.1) is 6.54 Å². The molecule has 0 spiro atoms. The number of nitrogens with zero attached hydrogens (tertiary/aromatic N) is 2. The second kappa shape index (κ2) is 4.64. The Balaban J connectivity index is 1.73. The van der Waals surface area contributed by atoms with Crippen LogP contribution in [0.25, 0.3) is 0 Å². The van der Waals surface area contributed by atoms with Gasteiger partial charge < -0.3 is 10.5 Å². The van der Waals surface area contributed by atoms with Crippen LogP contribution in [0.15, 0.2) is 4.99 Å². The van der Waals surface area contributed by atoms with Crippen molar-refractivity contribution in [2.24, 2.45) is 10.7 Å². The van der Waals surface area contributed by atoms with Gasteiger partial charge in [-0.05, 0) is 25.9 Å². The number of aliphatic imine (C=N–C) groups is 1. The molecule has 0 saturated carbocycles. The number of rotatable bonds is 2. The van der Waals surface area contributed by atoms with Crippen LogP contribution in [0.2, 0.25) is 0 Å². The molecule has 80 valence electrons. The van der Waals surface area contributed by atoms with E-state index in [0.717, 1.165) is 13.1 Å². The van der Waals surface area contributed by atoms with Gasteiger partial charge in [0.25, 0.3) is 6.02 Å². The molecule has 0 aromatic heterocycles. The van der Waals surface area contributed by atoms with Crippen molar-refractivity contribution in [2.45, 2.75) is 31.8 Å². The molecule has 0 aromatic rings. The van der Waals surface area contributed by atoms with Crippen LogP contribution in [0.1, 0.15) is 25.7 Å². The Morgan fingerprint density at radius 2 is 2.00 bits per heavy atom. The molecule has 2 rings (SSSR count). The average molecular weight is 197 g/mol. The molecule has 0 aliphatic carbocycles. The van der Waals surface area contributed by atoms with E-state index in [9.17, 15) is 0 Å². The standard InChI is InChI=1S/C10H19N3O/c11-10-12-7-9(14-10)8-13-5-3-1-2-4-6-13/h9H,1-8H2,(H2,11,12). The van der Waals surface area contributed by atoms with E-state index < -0.39 is 0 Å². The van der Waals surface area contributed by atoms with Crippen LogP contribution in [0.3, 0.4) is 0 Å². The molecule has 4 nitrogen and oxygen atoms in total.